The minimum Gasteiger partial charge on any atom is -0.462 e. The first-order valence-corrected chi connectivity index (χ1v) is 20.4. The van der Waals surface area contributed by atoms with Crippen molar-refractivity contribution in [3.63, 3.8) is 0 Å². The molecule has 1 aliphatic heterocycles. The summed E-state index contributed by atoms with van der Waals surface area (Å²) in [7, 11) is 0. The van der Waals surface area contributed by atoms with E-state index in [1.165, 1.54) is 41.7 Å². The van der Waals surface area contributed by atoms with Crippen molar-refractivity contribution in [2.45, 2.75) is 79.2 Å². The van der Waals surface area contributed by atoms with Crippen LogP contribution in [0.25, 0.3) is 0 Å². The van der Waals surface area contributed by atoms with Gasteiger partial charge in [0.15, 0.2) is 13.2 Å². The Morgan fingerprint density at radius 1 is 0.719 bits per heavy atom. The number of anilines is 2. The summed E-state index contributed by atoms with van der Waals surface area (Å²) < 4.78 is 20.9. The molecular weight excluding hydrogens is 779 g/mol. The number of carbonyl (C=O) groups is 8. The molecule has 3 atom stereocenters. The standard InChI is InChI=1S/C40H43N3O12S2/c1-6-52-39(50)31-24-11-8-19(3)14-27(24)56-33(31)41-29(44)17-54-37(48)21(5)43-35(46)23-13-10-22(16-26(23)36(43)47)38(49)55-18-30(45)42-34-32(40(51)53-7-2)25-12-9-20(4)15-28(25)57-34/h10,13,16,19-21H,6-9,11-12,14-15,17-18H2,1-5H3,(H,41,44)(H,42,45)/t19-,20-,21-/m1/s1. The van der Waals surface area contributed by atoms with Gasteiger partial charge in [-0.3, -0.25) is 24.1 Å². The van der Waals surface area contributed by atoms with Crippen molar-refractivity contribution in [3.05, 3.63) is 66.9 Å². The Bertz CT molecular complexity index is 2170. The van der Waals surface area contributed by atoms with Crippen molar-refractivity contribution in [3.8, 4) is 0 Å². The summed E-state index contributed by atoms with van der Waals surface area (Å²) in [5.74, 6) is -5.35. The van der Waals surface area contributed by atoms with E-state index in [1.807, 2.05) is 0 Å². The molecule has 0 spiro atoms. The van der Waals surface area contributed by atoms with Gasteiger partial charge in [-0.1, -0.05) is 13.8 Å². The van der Waals surface area contributed by atoms with Gasteiger partial charge in [0.1, 0.15) is 16.0 Å². The monoisotopic (exact) mass is 821 g/mol. The van der Waals surface area contributed by atoms with Gasteiger partial charge in [-0.2, -0.15) is 0 Å². The molecule has 0 unspecified atom stereocenters. The molecule has 4 amide bonds. The van der Waals surface area contributed by atoms with Gasteiger partial charge in [0.25, 0.3) is 23.6 Å². The van der Waals surface area contributed by atoms with Crippen molar-refractivity contribution in [2.24, 2.45) is 11.8 Å². The van der Waals surface area contributed by atoms with Gasteiger partial charge in [0.2, 0.25) is 0 Å². The fraction of sp³-hybridized carbons (Fsp3) is 0.450. The first kappa shape index (κ1) is 41.2. The van der Waals surface area contributed by atoms with Gasteiger partial charge in [-0.05, 0) is 100 Å². The molecule has 57 heavy (non-hydrogen) atoms. The molecule has 0 saturated heterocycles. The number of rotatable bonds is 13. The van der Waals surface area contributed by atoms with E-state index in [0.29, 0.717) is 50.7 Å². The molecule has 302 valence electrons. The molecular formula is C40H43N3O12S2. The van der Waals surface area contributed by atoms with Gasteiger partial charge in [-0.15, -0.1) is 22.7 Å². The second kappa shape index (κ2) is 17.4. The number of nitrogens with zero attached hydrogens (tertiary/aromatic N) is 1. The highest BCUT2D eigenvalue weighted by atomic mass is 32.1. The van der Waals surface area contributed by atoms with Crippen LogP contribution in [-0.2, 0) is 59.0 Å². The van der Waals surface area contributed by atoms with Gasteiger partial charge >= 0.3 is 23.9 Å². The summed E-state index contributed by atoms with van der Waals surface area (Å²) in [6.07, 6.45) is 4.65. The van der Waals surface area contributed by atoms with E-state index in [1.54, 1.807) is 13.8 Å². The second-order valence-corrected chi connectivity index (χ2v) is 16.5. The Balaban J connectivity index is 1.05. The summed E-state index contributed by atoms with van der Waals surface area (Å²) in [6, 6.07) is 2.18. The number of esters is 4. The number of amides is 4. The number of imide groups is 1. The lowest BCUT2D eigenvalue weighted by atomic mass is 9.88. The average molecular weight is 822 g/mol. The predicted molar refractivity (Wildman–Crippen MR) is 208 cm³/mol. The van der Waals surface area contributed by atoms with Crippen LogP contribution >= 0.6 is 22.7 Å². The Kier molecular flexibility index (Phi) is 12.6. The van der Waals surface area contributed by atoms with E-state index in [2.05, 4.69) is 24.5 Å². The first-order chi connectivity index (χ1) is 27.2. The Labute approximate surface area is 336 Å². The van der Waals surface area contributed by atoms with Crippen LogP contribution in [0.15, 0.2) is 18.2 Å². The minimum atomic E-state index is -1.44. The third-order valence-electron chi connectivity index (χ3n) is 10.1. The second-order valence-electron chi connectivity index (χ2n) is 14.2. The Hall–Kier alpha value is -5.42. The maximum absolute atomic E-state index is 13.4. The van der Waals surface area contributed by atoms with Crippen LogP contribution in [-0.4, -0.2) is 84.9 Å². The topological polar surface area (TPSA) is 201 Å². The summed E-state index contributed by atoms with van der Waals surface area (Å²) in [5, 5.41) is 5.95. The van der Waals surface area contributed by atoms with Crippen LogP contribution in [0.4, 0.5) is 10.0 Å². The molecule has 0 saturated carbocycles. The zero-order valence-electron chi connectivity index (χ0n) is 32.2. The third kappa shape index (κ3) is 8.63. The van der Waals surface area contributed by atoms with Crippen molar-refractivity contribution < 1.29 is 57.3 Å². The molecule has 3 aromatic rings. The van der Waals surface area contributed by atoms with E-state index < -0.39 is 66.8 Å². The van der Waals surface area contributed by atoms with Crippen molar-refractivity contribution in [1.29, 1.82) is 0 Å². The predicted octanol–water partition coefficient (Wildman–Crippen LogP) is 5.37. The molecule has 2 N–H and O–H groups in total. The summed E-state index contributed by atoms with van der Waals surface area (Å²) >= 11 is 2.57. The summed E-state index contributed by atoms with van der Waals surface area (Å²) in [4.78, 5) is 107. The molecule has 15 nitrogen and oxygen atoms in total. The number of nitrogens with one attached hydrogen (secondary N) is 2. The average Bonchev–Trinajstić information content (AvgIpc) is 3.79. The maximum Gasteiger partial charge on any atom is 0.341 e. The number of carbonyl (C=O) groups excluding carboxylic acids is 8. The van der Waals surface area contributed by atoms with Crippen molar-refractivity contribution >= 4 is 80.2 Å². The normalized spacial score (nSPS) is 17.5. The molecule has 0 bridgehead atoms. The molecule has 0 radical (unpaired) electrons. The van der Waals surface area contributed by atoms with Crippen LogP contribution in [0.5, 0.6) is 0 Å². The van der Waals surface area contributed by atoms with E-state index in [9.17, 15) is 38.4 Å². The zero-order chi connectivity index (χ0) is 41.1. The molecule has 1 aromatic carbocycles. The molecule has 2 aliphatic carbocycles. The van der Waals surface area contributed by atoms with Crippen LogP contribution < -0.4 is 10.6 Å². The smallest absolute Gasteiger partial charge is 0.341 e. The SMILES string of the molecule is CCOC(=O)c1c(NC(=O)COC(=O)c2ccc3c(c2)C(=O)N([C@H](C)C(=O)OCC(=O)Nc2sc4c(c2C(=O)OCC)CC[C@@H](C)C4)C3=O)sc2c1CC[C@@H](C)C2. The summed E-state index contributed by atoms with van der Waals surface area (Å²) in [6.45, 7) is 7.73. The molecule has 2 aromatic heterocycles. The number of hydrogen-bond acceptors (Lipinski definition) is 14. The van der Waals surface area contributed by atoms with E-state index in [-0.39, 0.29) is 29.9 Å². The molecule has 17 heteroatoms. The van der Waals surface area contributed by atoms with Crippen LogP contribution in [0, 0.1) is 11.8 Å². The highest BCUT2D eigenvalue weighted by Crippen LogP contribution is 2.41. The van der Waals surface area contributed by atoms with E-state index in [0.717, 1.165) is 52.6 Å². The lowest BCUT2D eigenvalue weighted by molar-refractivity contribution is -0.150. The third-order valence-corrected chi connectivity index (χ3v) is 12.4. The maximum atomic E-state index is 13.4. The van der Waals surface area contributed by atoms with Gasteiger partial charge in [-0.25, -0.2) is 19.2 Å². The lowest BCUT2D eigenvalue weighted by Crippen LogP contribution is -2.44. The number of benzene rings is 1. The van der Waals surface area contributed by atoms with Gasteiger partial charge < -0.3 is 29.6 Å². The van der Waals surface area contributed by atoms with E-state index in [4.69, 9.17) is 18.9 Å². The zero-order valence-corrected chi connectivity index (χ0v) is 33.8. The fourth-order valence-corrected chi connectivity index (χ4v) is 9.99. The number of fused-ring (bicyclic) bond motifs is 3. The fourth-order valence-electron chi connectivity index (χ4n) is 7.16. The molecule has 3 aliphatic rings. The highest BCUT2D eigenvalue weighted by Gasteiger charge is 2.42. The number of ether oxygens (including phenoxy) is 4. The van der Waals surface area contributed by atoms with Gasteiger partial charge in [0, 0.05) is 9.75 Å². The minimum absolute atomic E-state index is 0.0726. The Morgan fingerprint density at radius 3 is 1.72 bits per heavy atom. The quantitative estimate of drug-likeness (QED) is 0.127. The van der Waals surface area contributed by atoms with Crippen molar-refractivity contribution in [2.75, 3.05) is 37.1 Å². The number of hydrogen-bond donors (Lipinski definition) is 2. The molecule has 6 rings (SSSR count). The van der Waals surface area contributed by atoms with Gasteiger partial charge in [0.05, 0.1) is 41.0 Å². The molecule has 3 heterocycles. The highest BCUT2D eigenvalue weighted by molar-refractivity contribution is 7.17. The summed E-state index contributed by atoms with van der Waals surface area (Å²) in [5.41, 5.74) is 1.94. The van der Waals surface area contributed by atoms with E-state index >= 15 is 0 Å². The van der Waals surface area contributed by atoms with Crippen LogP contribution in [0.1, 0.15) is 120 Å². The first-order valence-electron chi connectivity index (χ1n) is 18.8. The number of thiophene rings is 2. The van der Waals surface area contributed by atoms with Crippen LogP contribution in [0.3, 0.4) is 0 Å². The lowest BCUT2D eigenvalue weighted by Gasteiger charge is -2.20. The Morgan fingerprint density at radius 2 is 1.21 bits per heavy atom. The largest absolute Gasteiger partial charge is 0.462 e. The van der Waals surface area contributed by atoms with Crippen molar-refractivity contribution in [1.82, 2.24) is 4.90 Å². The molecule has 0 fully saturated rings. The van der Waals surface area contributed by atoms with Crippen LogP contribution in [0.2, 0.25) is 0 Å².